The summed E-state index contributed by atoms with van der Waals surface area (Å²) >= 11 is 1.50. The maximum atomic E-state index is 12.7. The van der Waals surface area contributed by atoms with Crippen LogP contribution in [0.5, 0.6) is 0 Å². The molecule has 23 heavy (non-hydrogen) atoms. The van der Waals surface area contributed by atoms with Gasteiger partial charge in [-0.05, 0) is 30.7 Å². The first-order chi connectivity index (χ1) is 11.3. The minimum atomic E-state index is 0.0154. The van der Waals surface area contributed by atoms with Crippen molar-refractivity contribution in [2.45, 2.75) is 51.5 Å². The normalized spacial score (nSPS) is 16.9. The van der Waals surface area contributed by atoms with Gasteiger partial charge in [-0.15, -0.1) is 11.3 Å². The van der Waals surface area contributed by atoms with E-state index in [1.807, 2.05) is 6.07 Å². The van der Waals surface area contributed by atoms with Crippen LogP contribution in [0.1, 0.15) is 65.3 Å². The maximum absolute atomic E-state index is 12.7. The van der Waals surface area contributed by atoms with Gasteiger partial charge in [0.2, 0.25) is 0 Å². The van der Waals surface area contributed by atoms with E-state index in [-0.39, 0.29) is 11.9 Å². The number of aryl methyl sites for hydroxylation is 1. The number of hydrogen-bond donors (Lipinski definition) is 1. The van der Waals surface area contributed by atoms with Crippen molar-refractivity contribution in [3.05, 3.63) is 52.0 Å². The maximum Gasteiger partial charge on any atom is 0.263 e. The van der Waals surface area contributed by atoms with Crippen LogP contribution in [0.25, 0.3) is 0 Å². The SMILES string of the molecule is CCc1ncc(C(=O)NC(c2ccccc2)C2CCCCC2)s1. The van der Waals surface area contributed by atoms with Gasteiger partial charge >= 0.3 is 0 Å². The molecule has 1 atom stereocenters. The Morgan fingerprint density at radius 3 is 2.65 bits per heavy atom. The molecule has 1 aliphatic carbocycles. The number of aromatic nitrogens is 1. The van der Waals surface area contributed by atoms with E-state index in [1.54, 1.807) is 6.20 Å². The van der Waals surface area contributed by atoms with Gasteiger partial charge in [0.25, 0.3) is 5.91 Å². The van der Waals surface area contributed by atoms with Crippen molar-refractivity contribution in [1.29, 1.82) is 0 Å². The van der Waals surface area contributed by atoms with E-state index in [0.29, 0.717) is 5.92 Å². The number of hydrogen-bond acceptors (Lipinski definition) is 3. The molecule has 1 fully saturated rings. The zero-order valence-corrected chi connectivity index (χ0v) is 14.4. The van der Waals surface area contributed by atoms with Crippen molar-refractivity contribution in [2.24, 2.45) is 5.92 Å². The summed E-state index contributed by atoms with van der Waals surface area (Å²) in [6.07, 6.45) is 8.84. The Labute approximate surface area is 142 Å². The molecular weight excluding hydrogens is 304 g/mol. The molecule has 1 N–H and O–H groups in total. The van der Waals surface area contributed by atoms with Gasteiger partial charge in [-0.2, -0.15) is 0 Å². The van der Waals surface area contributed by atoms with Gasteiger partial charge in [-0.1, -0.05) is 56.5 Å². The lowest BCUT2D eigenvalue weighted by atomic mass is 9.81. The molecule has 3 nitrogen and oxygen atoms in total. The van der Waals surface area contributed by atoms with Gasteiger partial charge in [0.05, 0.1) is 17.2 Å². The summed E-state index contributed by atoms with van der Waals surface area (Å²) < 4.78 is 0. The third kappa shape index (κ3) is 3.99. The number of nitrogens with one attached hydrogen (secondary N) is 1. The van der Waals surface area contributed by atoms with Gasteiger partial charge in [0, 0.05) is 0 Å². The van der Waals surface area contributed by atoms with Crippen molar-refractivity contribution >= 4 is 17.2 Å². The second-order valence-corrected chi connectivity index (χ2v) is 7.35. The molecule has 1 aliphatic rings. The highest BCUT2D eigenvalue weighted by molar-refractivity contribution is 7.13. The Bertz CT molecular complexity index is 632. The quantitative estimate of drug-likeness (QED) is 0.860. The van der Waals surface area contributed by atoms with Gasteiger partial charge in [0.15, 0.2) is 0 Å². The number of benzene rings is 1. The lowest BCUT2D eigenvalue weighted by molar-refractivity contribution is 0.0916. The zero-order valence-electron chi connectivity index (χ0n) is 13.6. The van der Waals surface area contributed by atoms with E-state index in [4.69, 9.17) is 0 Å². The first-order valence-corrected chi connectivity index (χ1v) is 9.40. The average Bonchev–Trinajstić information content (AvgIpc) is 3.10. The lowest BCUT2D eigenvalue weighted by Gasteiger charge is -2.31. The van der Waals surface area contributed by atoms with Crippen LogP contribution in [0.15, 0.2) is 36.5 Å². The minimum absolute atomic E-state index is 0.0154. The van der Waals surface area contributed by atoms with Crippen LogP contribution < -0.4 is 5.32 Å². The molecule has 3 rings (SSSR count). The van der Waals surface area contributed by atoms with Crippen LogP contribution in [-0.4, -0.2) is 10.9 Å². The number of amides is 1. The van der Waals surface area contributed by atoms with Crippen molar-refractivity contribution in [2.75, 3.05) is 0 Å². The molecule has 4 heteroatoms. The first-order valence-electron chi connectivity index (χ1n) is 8.58. The standard InChI is InChI=1S/C19H24N2OS/c1-2-17-20-13-16(23-17)19(22)21-18(14-9-5-3-6-10-14)15-11-7-4-8-12-15/h3,5-6,9-10,13,15,18H,2,4,7-8,11-12H2,1H3,(H,21,22). The summed E-state index contributed by atoms with van der Waals surface area (Å²) in [6, 6.07) is 10.5. The number of nitrogens with zero attached hydrogens (tertiary/aromatic N) is 1. The van der Waals surface area contributed by atoms with Crippen LogP contribution in [-0.2, 0) is 6.42 Å². The first kappa shape index (κ1) is 16.2. The Hall–Kier alpha value is -1.68. The third-order valence-electron chi connectivity index (χ3n) is 4.65. The summed E-state index contributed by atoms with van der Waals surface area (Å²) in [5.41, 5.74) is 1.22. The fourth-order valence-electron chi connectivity index (χ4n) is 3.39. The van der Waals surface area contributed by atoms with E-state index < -0.39 is 0 Å². The zero-order chi connectivity index (χ0) is 16.1. The molecule has 0 bridgehead atoms. The van der Waals surface area contributed by atoms with Crippen molar-refractivity contribution < 1.29 is 4.79 Å². The van der Waals surface area contributed by atoms with Crippen LogP contribution in [0.3, 0.4) is 0 Å². The molecule has 0 aliphatic heterocycles. The Morgan fingerprint density at radius 1 is 1.26 bits per heavy atom. The molecule has 0 radical (unpaired) electrons. The Balaban J connectivity index is 1.79. The fourth-order valence-corrected chi connectivity index (χ4v) is 4.15. The molecule has 1 unspecified atom stereocenters. The lowest BCUT2D eigenvalue weighted by Crippen LogP contribution is -2.34. The molecule has 2 aromatic rings. The summed E-state index contributed by atoms with van der Waals surface area (Å²) in [4.78, 5) is 17.7. The number of thiazole rings is 1. The molecule has 122 valence electrons. The Kier molecular flexibility index (Phi) is 5.44. The van der Waals surface area contributed by atoms with E-state index in [9.17, 15) is 4.79 Å². The van der Waals surface area contributed by atoms with Gasteiger partial charge in [-0.3, -0.25) is 4.79 Å². The van der Waals surface area contributed by atoms with Crippen LogP contribution in [0, 0.1) is 5.92 Å². The van der Waals surface area contributed by atoms with Crippen LogP contribution in [0.2, 0.25) is 0 Å². The predicted octanol–water partition coefficient (Wildman–Crippen LogP) is 4.76. The Morgan fingerprint density at radius 2 is 2.00 bits per heavy atom. The molecule has 1 amide bonds. The second-order valence-electron chi connectivity index (χ2n) is 6.23. The minimum Gasteiger partial charge on any atom is -0.344 e. The van der Waals surface area contributed by atoms with E-state index in [0.717, 1.165) is 16.3 Å². The molecule has 1 aromatic heterocycles. The number of carbonyl (C=O) groups is 1. The molecular formula is C19H24N2OS. The molecule has 0 spiro atoms. The smallest absolute Gasteiger partial charge is 0.263 e. The third-order valence-corrected chi connectivity index (χ3v) is 5.79. The highest BCUT2D eigenvalue weighted by atomic mass is 32.1. The summed E-state index contributed by atoms with van der Waals surface area (Å²) in [5.74, 6) is 0.551. The summed E-state index contributed by atoms with van der Waals surface area (Å²) in [6.45, 7) is 2.06. The van der Waals surface area contributed by atoms with E-state index in [1.165, 1.54) is 49.0 Å². The van der Waals surface area contributed by atoms with Gasteiger partial charge in [-0.25, -0.2) is 4.98 Å². The van der Waals surface area contributed by atoms with Crippen molar-refractivity contribution in [3.8, 4) is 0 Å². The van der Waals surface area contributed by atoms with Crippen LogP contribution in [0.4, 0.5) is 0 Å². The molecule has 1 heterocycles. The summed E-state index contributed by atoms with van der Waals surface area (Å²) in [7, 11) is 0. The predicted molar refractivity (Wildman–Crippen MR) is 94.7 cm³/mol. The highest BCUT2D eigenvalue weighted by Gasteiger charge is 2.27. The molecule has 1 saturated carbocycles. The number of rotatable bonds is 5. The number of carbonyl (C=O) groups excluding carboxylic acids is 1. The fraction of sp³-hybridized carbons (Fsp3) is 0.474. The van der Waals surface area contributed by atoms with Gasteiger partial charge in [0.1, 0.15) is 4.88 Å². The summed E-state index contributed by atoms with van der Waals surface area (Å²) in [5, 5.41) is 4.31. The molecule has 0 saturated heterocycles. The van der Waals surface area contributed by atoms with Crippen molar-refractivity contribution in [1.82, 2.24) is 10.3 Å². The van der Waals surface area contributed by atoms with Gasteiger partial charge < -0.3 is 5.32 Å². The van der Waals surface area contributed by atoms with Crippen molar-refractivity contribution in [3.63, 3.8) is 0 Å². The largest absolute Gasteiger partial charge is 0.344 e. The van der Waals surface area contributed by atoms with E-state index >= 15 is 0 Å². The van der Waals surface area contributed by atoms with E-state index in [2.05, 4.69) is 41.5 Å². The molecule has 1 aromatic carbocycles. The topological polar surface area (TPSA) is 42.0 Å². The van der Waals surface area contributed by atoms with Crippen LogP contribution >= 0.6 is 11.3 Å². The highest BCUT2D eigenvalue weighted by Crippen LogP contribution is 2.34. The monoisotopic (exact) mass is 328 g/mol. The second kappa shape index (κ2) is 7.73. The average molecular weight is 328 g/mol.